The summed E-state index contributed by atoms with van der Waals surface area (Å²) in [5.41, 5.74) is 11.4. The topological polar surface area (TPSA) is 28.1 Å². The average Bonchev–Trinajstić information content (AvgIpc) is 3.17. The molecule has 0 fully saturated rings. The molecule has 6 aromatic rings. The van der Waals surface area contributed by atoms with Crippen molar-refractivity contribution in [2.75, 3.05) is 16.8 Å². The lowest BCUT2D eigenvalue weighted by Crippen LogP contribution is -2.56. The number of allylic oxidation sites excluding steroid dienone is 3. The highest BCUT2D eigenvalue weighted by atomic mass is 16.5. The monoisotopic (exact) mass is 661 g/mol. The van der Waals surface area contributed by atoms with Gasteiger partial charge in [0, 0.05) is 35.6 Å². The van der Waals surface area contributed by atoms with E-state index < -0.39 is 0 Å². The smallest absolute Gasteiger partial charge is 0.253 e. The largest absolute Gasteiger partial charge is 0.458 e. The second-order valence-electron chi connectivity index (χ2n) is 13.5. The van der Waals surface area contributed by atoms with E-state index in [1.807, 2.05) is 32.2 Å². The van der Waals surface area contributed by atoms with E-state index in [0.29, 0.717) is 0 Å². The van der Waals surface area contributed by atoms with Crippen LogP contribution in [0, 0.1) is 0 Å². The van der Waals surface area contributed by atoms with Crippen LogP contribution in [0.15, 0.2) is 175 Å². The molecule has 0 spiro atoms. The van der Waals surface area contributed by atoms with Crippen LogP contribution in [0.1, 0.15) is 31.9 Å². The van der Waals surface area contributed by atoms with E-state index >= 15 is 0 Å². The molecular weight excluding hydrogens is 621 g/mol. The number of para-hydroxylation sites is 5. The van der Waals surface area contributed by atoms with Crippen LogP contribution < -0.4 is 30.9 Å². The summed E-state index contributed by atoms with van der Waals surface area (Å²) in [6.45, 7) is 6.58. The van der Waals surface area contributed by atoms with E-state index in [1.165, 1.54) is 28.0 Å². The number of benzene rings is 6. The summed E-state index contributed by atoms with van der Waals surface area (Å²) < 4.78 is 6.81. The maximum atomic E-state index is 6.81. The lowest BCUT2D eigenvalue weighted by atomic mass is 9.35. The third-order valence-corrected chi connectivity index (χ3v) is 10.2. The van der Waals surface area contributed by atoms with Crippen molar-refractivity contribution in [2.24, 2.45) is 4.99 Å². The van der Waals surface area contributed by atoms with Gasteiger partial charge in [0.15, 0.2) is 0 Å². The van der Waals surface area contributed by atoms with Gasteiger partial charge in [-0.25, -0.2) is 0 Å². The first-order valence-electron chi connectivity index (χ1n) is 17.6. The van der Waals surface area contributed by atoms with Gasteiger partial charge in [0.05, 0.1) is 11.4 Å². The van der Waals surface area contributed by atoms with Crippen LogP contribution in [0.4, 0.5) is 28.4 Å². The zero-order chi connectivity index (χ0) is 35.0. The van der Waals surface area contributed by atoms with Crippen LogP contribution in [0.5, 0.6) is 11.5 Å². The average molecular weight is 662 g/mol. The number of hydrogen-bond acceptors (Lipinski definition) is 3. The Morgan fingerprint density at radius 2 is 1.27 bits per heavy atom. The Hall–Kier alpha value is -6.07. The second kappa shape index (κ2) is 13.3. The maximum absolute atomic E-state index is 6.81. The lowest BCUT2D eigenvalue weighted by Gasteiger charge is -2.42. The molecule has 0 unspecified atom stereocenters. The highest BCUT2D eigenvalue weighted by Gasteiger charge is 2.39. The predicted molar refractivity (Wildman–Crippen MR) is 217 cm³/mol. The molecule has 2 aliphatic rings. The number of amidine groups is 1. The molecule has 0 saturated heterocycles. The minimum atomic E-state index is -0.130. The van der Waals surface area contributed by atoms with E-state index in [2.05, 4.69) is 175 Å². The highest BCUT2D eigenvalue weighted by Crippen LogP contribution is 2.52. The summed E-state index contributed by atoms with van der Waals surface area (Å²) in [6.07, 6.45) is 8.16. The molecule has 0 amide bonds. The van der Waals surface area contributed by atoms with Gasteiger partial charge >= 0.3 is 0 Å². The number of fused-ring (bicyclic) bond motifs is 4. The van der Waals surface area contributed by atoms with E-state index in [1.54, 1.807) is 0 Å². The minimum Gasteiger partial charge on any atom is -0.458 e. The van der Waals surface area contributed by atoms with Gasteiger partial charge in [0.1, 0.15) is 17.3 Å². The Labute approximate surface area is 301 Å². The molecule has 248 valence electrons. The van der Waals surface area contributed by atoms with Crippen LogP contribution >= 0.6 is 0 Å². The summed E-state index contributed by atoms with van der Waals surface area (Å²) in [5, 5.41) is 0. The molecule has 51 heavy (non-hydrogen) atoms. The van der Waals surface area contributed by atoms with Crippen LogP contribution in [-0.4, -0.2) is 19.6 Å². The maximum Gasteiger partial charge on any atom is 0.253 e. The molecule has 0 bridgehead atoms. The molecule has 2 aliphatic heterocycles. The fraction of sp³-hybridized carbons (Fsp3) is 0.109. The first-order chi connectivity index (χ1) is 25.0. The second-order valence-corrected chi connectivity index (χ2v) is 13.5. The summed E-state index contributed by atoms with van der Waals surface area (Å²) in [4.78, 5) is 9.43. The molecule has 0 saturated carbocycles. The fourth-order valence-electron chi connectivity index (χ4n) is 7.78. The van der Waals surface area contributed by atoms with Crippen LogP contribution in [-0.2, 0) is 5.41 Å². The molecular formula is C46H40BN3O. The number of hydrogen-bond donors (Lipinski definition) is 0. The van der Waals surface area contributed by atoms with Crippen molar-refractivity contribution in [1.82, 2.24) is 0 Å². The molecule has 0 aromatic heterocycles. The SMILES string of the molecule is C/C=C\C=C/C(=NC)N(c1ccccc1)c1ccccc1B1c2ccccc2Oc2cc(N3c4ccccc4C(C)(C)c4ccccc43)ccc21. The van der Waals surface area contributed by atoms with E-state index in [4.69, 9.17) is 9.73 Å². The number of ether oxygens (including phenoxy) is 1. The van der Waals surface area contributed by atoms with Gasteiger partial charge in [-0.1, -0.05) is 129 Å². The normalized spacial score (nSPS) is 14.5. The van der Waals surface area contributed by atoms with Crippen molar-refractivity contribution in [2.45, 2.75) is 26.2 Å². The molecule has 6 aromatic carbocycles. The molecule has 0 N–H and O–H groups in total. The summed E-state index contributed by atoms with van der Waals surface area (Å²) in [5.74, 6) is 2.56. The van der Waals surface area contributed by atoms with Gasteiger partial charge in [-0.05, 0) is 83.0 Å². The van der Waals surface area contributed by atoms with Gasteiger partial charge in [-0.15, -0.1) is 0 Å². The van der Waals surface area contributed by atoms with Crippen molar-refractivity contribution in [3.05, 3.63) is 181 Å². The third kappa shape index (κ3) is 5.55. The molecule has 0 aliphatic carbocycles. The molecule has 2 heterocycles. The molecule has 4 nitrogen and oxygen atoms in total. The summed E-state index contributed by atoms with van der Waals surface area (Å²) in [6, 6.07) is 51.9. The number of nitrogens with zero attached hydrogens (tertiary/aromatic N) is 3. The Bertz CT molecular complexity index is 2270. The van der Waals surface area contributed by atoms with E-state index in [0.717, 1.165) is 45.3 Å². The van der Waals surface area contributed by atoms with Crippen molar-refractivity contribution in [3.63, 3.8) is 0 Å². The number of anilines is 5. The first kappa shape index (κ1) is 32.2. The van der Waals surface area contributed by atoms with Crippen LogP contribution in [0.2, 0.25) is 0 Å². The summed E-state index contributed by atoms with van der Waals surface area (Å²) in [7, 11) is 1.85. The Morgan fingerprint density at radius 3 is 1.98 bits per heavy atom. The Balaban J connectivity index is 1.31. The van der Waals surface area contributed by atoms with Crippen LogP contribution in [0.3, 0.4) is 0 Å². The fourth-order valence-corrected chi connectivity index (χ4v) is 7.78. The van der Waals surface area contributed by atoms with Crippen molar-refractivity contribution in [3.8, 4) is 11.5 Å². The molecule has 0 atom stereocenters. The summed E-state index contributed by atoms with van der Waals surface area (Å²) >= 11 is 0. The van der Waals surface area contributed by atoms with Gasteiger partial charge in [-0.3, -0.25) is 9.89 Å². The van der Waals surface area contributed by atoms with Gasteiger partial charge in [-0.2, -0.15) is 0 Å². The number of aliphatic imine (C=N–C) groups is 1. The predicted octanol–water partition coefficient (Wildman–Crippen LogP) is 9.72. The zero-order valence-electron chi connectivity index (χ0n) is 29.5. The van der Waals surface area contributed by atoms with Gasteiger partial charge in [0.2, 0.25) is 0 Å². The molecule has 0 radical (unpaired) electrons. The minimum absolute atomic E-state index is 0.0844. The third-order valence-electron chi connectivity index (χ3n) is 10.2. The van der Waals surface area contributed by atoms with Crippen molar-refractivity contribution < 1.29 is 4.74 Å². The van der Waals surface area contributed by atoms with Crippen LogP contribution in [0.25, 0.3) is 0 Å². The van der Waals surface area contributed by atoms with Crippen molar-refractivity contribution in [1.29, 1.82) is 0 Å². The standard InChI is InChI=1S/C46H40BN3O/c1-5-6-8-29-45(48-4)50(33-19-9-7-10-20-33)42-27-17-13-23-37(42)47-38-24-14-18-28-43(38)51-44-32-34(30-31-39(44)47)49-40-25-15-11-21-35(40)46(2,3)36-22-12-16-26-41(36)49/h5-32H,1-4H3/b6-5-,29-8-,48-45?. The van der Waals surface area contributed by atoms with E-state index in [-0.39, 0.29) is 12.1 Å². The lowest BCUT2D eigenvalue weighted by molar-refractivity contribution is 0.487. The van der Waals surface area contributed by atoms with Gasteiger partial charge in [0.25, 0.3) is 6.71 Å². The molecule has 8 rings (SSSR count). The van der Waals surface area contributed by atoms with E-state index in [9.17, 15) is 0 Å². The Morgan fingerprint density at radius 1 is 0.667 bits per heavy atom. The highest BCUT2D eigenvalue weighted by molar-refractivity contribution is 6.97. The first-order valence-corrected chi connectivity index (χ1v) is 17.6. The Kier molecular flexibility index (Phi) is 8.41. The zero-order valence-corrected chi connectivity index (χ0v) is 29.5. The van der Waals surface area contributed by atoms with Crippen molar-refractivity contribution >= 4 is 57.4 Å². The van der Waals surface area contributed by atoms with Gasteiger partial charge < -0.3 is 9.64 Å². The number of rotatable bonds is 6. The molecule has 5 heteroatoms. The quantitative estimate of drug-likeness (QED) is 0.0769.